The number of rotatable bonds is 6. The lowest BCUT2D eigenvalue weighted by atomic mass is 10.0. The number of nitrogens with two attached hydrogens (primary N) is 1. The third-order valence-corrected chi connectivity index (χ3v) is 4.03. The van der Waals surface area contributed by atoms with Crippen molar-refractivity contribution in [2.75, 3.05) is 5.32 Å². The molecule has 0 spiro atoms. The molecule has 1 amide bonds. The third-order valence-electron chi connectivity index (χ3n) is 4.03. The summed E-state index contributed by atoms with van der Waals surface area (Å²) in [4.78, 5) is 12.5. The van der Waals surface area contributed by atoms with Crippen molar-refractivity contribution in [1.29, 1.82) is 0 Å². The summed E-state index contributed by atoms with van der Waals surface area (Å²) in [6.45, 7) is 1.79. The van der Waals surface area contributed by atoms with Crippen LogP contribution < -0.4 is 10.6 Å². The van der Waals surface area contributed by atoms with Crippen molar-refractivity contribution in [1.82, 2.24) is 0 Å². The van der Waals surface area contributed by atoms with Gasteiger partial charge in [0.15, 0.2) is 17.8 Å². The fourth-order valence-electron chi connectivity index (χ4n) is 2.68. The van der Waals surface area contributed by atoms with Crippen LogP contribution in [0.4, 0.5) is 10.1 Å². The maximum absolute atomic E-state index is 13.7. The fraction of sp³-hybridized carbons (Fsp3) is 0.150. The summed E-state index contributed by atoms with van der Waals surface area (Å²) in [5, 5.41) is 4.54. The fourth-order valence-corrected chi connectivity index (χ4v) is 2.68. The largest absolute Gasteiger partial charge is 0.463 e. The molecular formula is C20H20FN2O2+. The number of anilines is 1. The summed E-state index contributed by atoms with van der Waals surface area (Å²) in [6, 6.07) is 19.1. The van der Waals surface area contributed by atoms with Gasteiger partial charge in [0.2, 0.25) is 0 Å². The first-order valence-electron chi connectivity index (χ1n) is 8.14. The normalized spacial score (nSPS) is 13.2. The zero-order valence-corrected chi connectivity index (χ0v) is 13.9. The predicted molar refractivity (Wildman–Crippen MR) is 93.4 cm³/mol. The van der Waals surface area contributed by atoms with Gasteiger partial charge in [-0.1, -0.05) is 42.5 Å². The molecule has 0 saturated heterocycles. The molecule has 0 unspecified atom stereocenters. The Morgan fingerprint density at radius 2 is 1.76 bits per heavy atom. The van der Waals surface area contributed by atoms with Gasteiger partial charge in [0.1, 0.15) is 5.82 Å². The van der Waals surface area contributed by atoms with E-state index in [1.807, 2.05) is 47.8 Å². The molecule has 0 saturated carbocycles. The van der Waals surface area contributed by atoms with Gasteiger partial charge < -0.3 is 15.1 Å². The predicted octanol–water partition coefficient (Wildman–Crippen LogP) is 3.10. The second kappa shape index (κ2) is 7.77. The number of halogens is 1. The molecule has 3 aromatic rings. The van der Waals surface area contributed by atoms with E-state index in [-0.39, 0.29) is 17.6 Å². The Labute approximate surface area is 145 Å². The quantitative estimate of drug-likeness (QED) is 0.725. The van der Waals surface area contributed by atoms with Gasteiger partial charge in [-0.05, 0) is 31.2 Å². The lowest BCUT2D eigenvalue weighted by Gasteiger charge is -2.19. The Morgan fingerprint density at radius 1 is 1.04 bits per heavy atom. The number of carbonyl (C=O) groups excluding carboxylic acids is 1. The van der Waals surface area contributed by atoms with E-state index in [4.69, 9.17) is 4.42 Å². The lowest BCUT2D eigenvalue weighted by molar-refractivity contribution is -0.706. The maximum Gasteiger partial charge on any atom is 0.282 e. The minimum absolute atomic E-state index is 0.155. The van der Waals surface area contributed by atoms with E-state index < -0.39 is 11.9 Å². The maximum atomic E-state index is 13.7. The molecule has 0 aliphatic rings. The molecule has 0 fully saturated rings. The molecule has 0 aliphatic carbocycles. The van der Waals surface area contributed by atoms with Gasteiger partial charge in [-0.15, -0.1) is 0 Å². The first kappa shape index (κ1) is 16.9. The molecule has 2 atom stereocenters. The molecular weight excluding hydrogens is 319 g/mol. The summed E-state index contributed by atoms with van der Waals surface area (Å²) in [6.07, 6.45) is 1.61. The number of quaternary nitrogens is 1. The Kier molecular flexibility index (Phi) is 5.26. The molecule has 2 aromatic carbocycles. The first-order chi connectivity index (χ1) is 12.1. The van der Waals surface area contributed by atoms with E-state index in [2.05, 4.69) is 5.32 Å². The Hall–Kier alpha value is -2.92. The third kappa shape index (κ3) is 4.14. The van der Waals surface area contributed by atoms with Crippen molar-refractivity contribution >= 4 is 11.6 Å². The van der Waals surface area contributed by atoms with Crippen LogP contribution in [-0.2, 0) is 4.79 Å². The first-order valence-corrected chi connectivity index (χ1v) is 8.14. The Morgan fingerprint density at radius 3 is 2.44 bits per heavy atom. The number of hydrogen-bond donors (Lipinski definition) is 2. The van der Waals surface area contributed by atoms with Crippen LogP contribution in [0.2, 0.25) is 0 Å². The molecule has 128 valence electrons. The van der Waals surface area contributed by atoms with Crippen LogP contribution in [0.3, 0.4) is 0 Å². The molecule has 25 heavy (non-hydrogen) atoms. The van der Waals surface area contributed by atoms with Gasteiger partial charge in [0.25, 0.3) is 5.91 Å². The summed E-state index contributed by atoms with van der Waals surface area (Å²) >= 11 is 0. The molecule has 1 aromatic heterocycles. The van der Waals surface area contributed by atoms with Crippen LogP contribution in [0, 0.1) is 5.82 Å². The lowest BCUT2D eigenvalue weighted by Crippen LogP contribution is -2.92. The van der Waals surface area contributed by atoms with E-state index in [9.17, 15) is 9.18 Å². The number of carbonyl (C=O) groups is 1. The van der Waals surface area contributed by atoms with E-state index in [1.54, 1.807) is 31.4 Å². The van der Waals surface area contributed by atoms with Crippen molar-refractivity contribution in [3.63, 3.8) is 0 Å². The highest BCUT2D eigenvalue weighted by Gasteiger charge is 2.27. The van der Waals surface area contributed by atoms with Gasteiger partial charge in [-0.2, -0.15) is 0 Å². The van der Waals surface area contributed by atoms with E-state index in [0.717, 1.165) is 11.3 Å². The second-order valence-electron chi connectivity index (χ2n) is 5.85. The molecule has 4 nitrogen and oxygen atoms in total. The van der Waals surface area contributed by atoms with Crippen molar-refractivity contribution in [2.24, 2.45) is 0 Å². The highest BCUT2D eigenvalue weighted by molar-refractivity contribution is 5.93. The van der Waals surface area contributed by atoms with Gasteiger partial charge in [0.05, 0.1) is 12.0 Å². The van der Waals surface area contributed by atoms with Gasteiger partial charge >= 0.3 is 0 Å². The standard InChI is InChI=1S/C20H19FN2O2/c1-14(20(24)23-17-11-6-5-10-16(17)21)22-19(18-12-7-13-25-18)15-8-3-2-4-9-15/h2-14,19,22H,1H3,(H,23,24)/p+1/t14-,19-/m1/s1. The van der Waals surface area contributed by atoms with E-state index in [1.165, 1.54) is 6.07 Å². The number of nitrogens with one attached hydrogen (secondary N) is 1. The molecule has 0 bridgehead atoms. The van der Waals surface area contributed by atoms with Crippen LogP contribution in [-0.4, -0.2) is 11.9 Å². The molecule has 0 radical (unpaired) electrons. The minimum atomic E-state index is -0.450. The zero-order chi connectivity index (χ0) is 17.6. The highest BCUT2D eigenvalue weighted by Crippen LogP contribution is 2.19. The van der Waals surface area contributed by atoms with Crippen molar-refractivity contribution in [3.05, 3.63) is 90.1 Å². The van der Waals surface area contributed by atoms with Crippen molar-refractivity contribution in [3.8, 4) is 0 Å². The van der Waals surface area contributed by atoms with Crippen LogP contribution >= 0.6 is 0 Å². The SMILES string of the molecule is C[C@@H]([NH2+][C@H](c1ccccc1)c1ccco1)C(=O)Nc1ccccc1F. The second-order valence-corrected chi connectivity index (χ2v) is 5.85. The number of para-hydroxylation sites is 1. The summed E-state index contributed by atoms with van der Waals surface area (Å²) < 4.78 is 19.3. The molecule has 3 N–H and O–H groups in total. The average molecular weight is 339 g/mol. The van der Waals surface area contributed by atoms with Crippen molar-refractivity contribution < 1.29 is 18.9 Å². The highest BCUT2D eigenvalue weighted by atomic mass is 19.1. The Balaban J connectivity index is 1.75. The number of amides is 1. The van der Waals surface area contributed by atoms with Gasteiger partial charge in [0, 0.05) is 5.56 Å². The summed E-state index contributed by atoms with van der Waals surface area (Å²) in [5.74, 6) is 0.0445. The number of hydrogen-bond acceptors (Lipinski definition) is 2. The monoisotopic (exact) mass is 339 g/mol. The Bertz CT molecular complexity index is 819. The smallest absolute Gasteiger partial charge is 0.282 e. The van der Waals surface area contributed by atoms with Crippen LogP contribution in [0.1, 0.15) is 24.3 Å². The van der Waals surface area contributed by atoms with Gasteiger partial charge in [-0.3, -0.25) is 4.79 Å². The summed E-state index contributed by atoms with van der Waals surface area (Å²) in [5.41, 5.74) is 1.21. The van der Waals surface area contributed by atoms with Crippen LogP contribution in [0.15, 0.2) is 77.4 Å². The molecule has 3 rings (SSSR count). The number of furan rings is 1. The topological polar surface area (TPSA) is 58.9 Å². The average Bonchev–Trinajstić information content (AvgIpc) is 3.16. The van der Waals surface area contributed by atoms with E-state index >= 15 is 0 Å². The van der Waals surface area contributed by atoms with E-state index in [0.29, 0.717) is 0 Å². The zero-order valence-electron chi connectivity index (χ0n) is 13.9. The van der Waals surface area contributed by atoms with Crippen LogP contribution in [0.5, 0.6) is 0 Å². The minimum Gasteiger partial charge on any atom is -0.463 e. The van der Waals surface area contributed by atoms with Crippen LogP contribution in [0.25, 0.3) is 0 Å². The van der Waals surface area contributed by atoms with Crippen molar-refractivity contribution in [2.45, 2.75) is 19.0 Å². The number of benzene rings is 2. The molecule has 0 aliphatic heterocycles. The summed E-state index contributed by atoms with van der Waals surface area (Å²) in [7, 11) is 0. The van der Waals surface area contributed by atoms with Gasteiger partial charge in [-0.25, -0.2) is 4.39 Å². The molecule has 5 heteroatoms. The molecule has 1 heterocycles.